The van der Waals surface area contributed by atoms with Crippen LogP contribution >= 0.6 is 0 Å². The number of hydrogen-bond acceptors (Lipinski definition) is 2. The smallest absolute Gasteiger partial charge is 0.119 e. The van der Waals surface area contributed by atoms with Gasteiger partial charge >= 0.3 is 0 Å². The van der Waals surface area contributed by atoms with Crippen LogP contribution in [-0.4, -0.2) is 13.2 Å². The van der Waals surface area contributed by atoms with Crippen LogP contribution in [0, 0.1) is 5.92 Å². The highest BCUT2D eigenvalue weighted by atomic mass is 16.5. The average molecular weight is 219 g/mol. The molecule has 1 N–H and O–H groups in total. The van der Waals surface area contributed by atoms with Crippen molar-refractivity contribution in [1.29, 1.82) is 0 Å². The van der Waals surface area contributed by atoms with Crippen LogP contribution in [0.15, 0.2) is 24.3 Å². The summed E-state index contributed by atoms with van der Waals surface area (Å²) in [5.74, 6) is 1.87. The van der Waals surface area contributed by atoms with Crippen molar-refractivity contribution in [3.05, 3.63) is 29.8 Å². The van der Waals surface area contributed by atoms with Crippen LogP contribution in [0.3, 0.4) is 0 Å². The van der Waals surface area contributed by atoms with E-state index in [-0.39, 0.29) is 0 Å². The van der Waals surface area contributed by atoms with Gasteiger partial charge in [-0.3, -0.25) is 0 Å². The molecular formula is C14H21NO. The number of nitrogens with one attached hydrogen (secondary N) is 1. The first kappa shape index (κ1) is 11.5. The Morgan fingerprint density at radius 2 is 2.31 bits per heavy atom. The van der Waals surface area contributed by atoms with E-state index in [9.17, 15) is 0 Å². The molecule has 1 aliphatic carbocycles. The SMILES string of the molecule is CCCC1CC1NCc1cccc(OC)c1. The Hall–Kier alpha value is -1.02. The number of hydrogen-bond donors (Lipinski definition) is 1. The Morgan fingerprint density at radius 3 is 3.06 bits per heavy atom. The molecule has 1 saturated carbocycles. The van der Waals surface area contributed by atoms with Crippen molar-refractivity contribution in [2.45, 2.75) is 38.8 Å². The summed E-state index contributed by atoms with van der Waals surface area (Å²) in [5.41, 5.74) is 1.31. The third-order valence-corrected chi connectivity index (χ3v) is 3.28. The largest absolute Gasteiger partial charge is 0.497 e. The second-order valence-corrected chi connectivity index (χ2v) is 4.62. The predicted octanol–water partition coefficient (Wildman–Crippen LogP) is 2.97. The van der Waals surface area contributed by atoms with Crippen LogP contribution in [0.1, 0.15) is 31.7 Å². The van der Waals surface area contributed by atoms with E-state index in [0.717, 1.165) is 24.3 Å². The van der Waals surface area contributed by atoms with Gasteiger partial charge in [-0.15, -0.1) is 0 Å². The summed E-state index contributed by atoms with van der Waals surface area (Å²) >= 11 is 0. The predicted molar refractivity (Wildman–Crippen MR) is 66.6 cm³/mol. The van der Waals surface area contributed by atoms with Gasteiger partial charge in [-0.1, -0.05) is 25.5 Å². The topological polar surface area (TPSA) is 21.3 Å². The molecule has 16 heavy (non-hydrogen) atoms. The van der Waals surface area contributed by atoms with Crippen molar-refractivity contribution in [2.75, 3.05) is 7.11 Å². The maximum atomic E-state index is 5.21. The quantitative estimate of drug-likeness (QED) is 0.794. The Labute approximate surface area is 98.0 Å². The fourth-order valence-corrected chi connectivity index (χ4v) is 2.22. The molecule has 0 amide bonds. The lowest BCUT2D eigenvalue weighted by molar-refractivity contribution is 0.414. The zero-order chi connectivity index (χ0) is 11.4. The fourth-order valence-electron chi connectivity index (χ4n) is 2.22. The maximum Gasteiger partial charge on any atom is 0.119 e. The van der Waals surface area contributed by atoms with Gasteiger partial charge in [0.2, 0.25) is 0 Å². The minimum Gasteiger partial charge on any atom is -0.497 e. The summed E-state index contributed by atoms with van der Waals surface area (Å²) in [6, 6.07) is 9.04. The summed E-state index contributed by atoms with van der Waals surface area (Å²) < 4.78 is 5.21. The third kappa shape index (κ3) is 2.99. The van der Waals surface area contributed by atoms with E-state index in [1.165, 1.54) is 24.8 Å². The Balaban J connectivity index is 1.77. The lowest BCUT2D eigenvalue weighted by Gasteiger charge is -2.06. The number of methoxy groups -OCH3 is 1. The van der Waals surface area contributed by atoms with E-state index in [1.807, 2.05) is 12.1 Å². The minimum absolute atomic E-state index is 0.756. The third-order valence-electron chi connectivity index (χ3n) is 3.28. The zero-order valence-corrected chi connectivity index (χ0v) is 10.2. The molecule has 1 aliphatic rings. The van der Waals surface area contributed by atoms with E-state index in [1.54, 1.807) is 7.11 Å². The molecule has 2 nitrogen and oxygen atoms in total. The first-order valence-corrected chi connectivity index (χ1v) is 6.19. The average Bonchev–Trinajstić information content (AvgIpc) is 3.06. The van der Waals surface area contributed by atoms with Gasteiger partial charge in [0, 0.05) is 12.6 Å². The van der Waals surface area contributed by atoms with Gasteiger partial charge < -0.3 is 10.1 Å². The first-order valence-electron chi connectivity index (χ1n) is 6.19. The lowest BCUT2D eigenvalue weighted by atomic mass is 10.2. The number of rotatable bonds is 6. The first-order chi connectivity index (χ1) is 7.83. The van der Waals surface area contributed by atoms with Crippen molar-refractivity contribution in [3.8, 4) is 5.75 Å². The summed E-state index contributed by atoms with van der Waals surface area (Å²) in [5, 5.41) is 3.60. The zero-order valence-electron chi connectivity index (χ0n) is 10.2. The van der Waals surface area contributed by atoms with Crippen molar-refractivity contribution >= 4 is 0 Å². The van der Waals surface area contributed by atoms with Gasteiger partial charge in [0.05, 0.1) is 7.11 Å². The molecule has 0 spiro atoms. The molecule has 2 heteroatoms. The van der Waals surface area contributed by atoms with Crippen LogP contribution < -0.4 is 10.1 Å². The van der Waals surface area contributed by atoms with Gasteiger partial charge in [-0.05, 0) is 36.5 Å². The fraction of sp³-hybridized carbons (Fsp3) is 0.571. The van der Waals surface area contributed by atoms with Gasteiger partial charge in [0.25, 0.3) is 0 Å². The number of ether oxygens (including phenoxy) is 1. The molecule has 0 heterocycles. The number of benzene rings is 1. The molecule has 0 radical (unpaired) electrons. The van der Waals surface area contributed by atoms with Crippen LogP contribution in [0.4, 0.5) is 0 Å². The highest BCUT2D eigenvalue weighted by Gasteiger charge is 2.35. The van der Waals surface area contributed by atoms with E-state index in [0.29, 0.717) is 0 Å². The van der Waals surface area contributed by atoms with Crippen molar-refractivity contribution in [3.63, 3.8) is 0 Å². The second-order valence-electron chi connectivity index (χ2n) is 4.62. The summed E-state index contributed by atoms with van der Waals surface area (Å²) in [4.78, 5) is 0. The Kier molecular flexibility index (Phi) is 3.83. The molecule has 0 aromatic heterocycles. The van der Waals surface area contributed by atoms with E-state index >= 15 is 0 Å². The summed E-state index contributed by atoms with van der Waals surface area (Å²) in [6.45, 7) is 3.22. The normalized spacial score (nSPS) is 23.1. The molecule has 0 aliphatic heterocycles. The monoisotopic (exact) mass is 219 g/mol. The highest BCUT2D eigenvalue weighted by molar-refractivity contribution is 5.28. The molecule has 1 fully saturated rings. The minimum atomic E-state index is 0.756. The summed E-state index contributed by atoms with van der Waals surface area (Å²) in [7, 11) is 1.71. The van der Waals surface area contributed by atoms with Gasteiger partial charge in [0.15, 0.2) is 0 Å². The Morgan fingerprint density at radius 1 is 1.44 bits per heavy atom. The molecule has 1 aromatic rings. The molecule has 2 atom stereocenters. The summed E-state index contributed by atoms with van der Waals surface area (Å²) in [6.07, 6.45) is 4.04. The van der Waals surface area contributed by atoms with Gasteiger partial charge in [-0.25, -0.2) is 0 Å². The van der Waals surface area contributed by atoms with Gasteiger partial charge in [-0.2, -0.15) is 0 Å². The highest BCUT2D eigenvalue weighted by Crippen LogP contribution is 2.34. The van der Waals surface area contributed by atoms with Crippen LogP contribution in [0.2, 0.25) is 0 Å². The second kappa shape index (κ2) is 5.35. The molecular weight excluding hydrogens is 198 g/mol. The molecule has 2 unspecified atom stereocenters. The van der Waals surface area contributed by atoms with E-state index < -0.39 is 0 Å². The van der Waals surface area contributed by atoms with Crippen LogP contribution in [0.5, 0.6) is 5.75 Å². The van der Waals surface area contributed by atoms with Crippen LogP contribution in [0.25, 0.3) is 0 Å². The lowest BCUT2D eigenvalue weighted by Crippen LogP contribution is -2.17. The van der Waals surface area contributed by atoms with E-state index in [2.05, 4.69) is 24.4 Å². The van der Waals surface area contributed by atoms with E-state index in [4.69, 9.17) is 4.74 Å². The molecule has 2 rings (SSSR count). The maximum absolute atomic E-state index is 5.21. The van der Waals surface area contributed by atoms with Crippen molar-refractivity contribution < 1.29 is 4.74 Å². The molecule has 0 saturated heterocycles. The Bertz CT molecular complexity index is 337. The van der Waals surface area contributed by atoms with Crippen LogP contribution in [-0.2, 0) is 6.54 Å². The molecule has 88 valence electrons. The standard InChI is InChI=1S/C14H21NO/c1-3-5-12-9-14(12)15-10-11-6-4-7-13(8-11)16-2/h4,6-8,12,14-15H,3,5,9-10H2,1-2H3. The molecule has 1 aromatic carbocycles. The van der Waals surface area contributed by atoms with Crippen molar-refractivity contribution in [2.24, 2.45) is 5.92 Å². The molecule has 0 bridgehead atoms. The van der Waals surface area contributed by atoms with Crippen molar-refractivity contribution in [1.82, 2.24) is 5.32 Å². The van der Waals surface area contributed by atoms with Gasteiger partial charge in [0.1, 0.15) is 5.75 Å².